The van der Waals surface area contributed by atoms with Crippen molar-refractivity contribution in [3.63, 3.8) is 0 Å². The summed E-state index contributed by atoms with van der Waals surface area (Å²) in [6, 6.07) is 0. The smallest absolute Gasteiger partial charge is 0.350 e. The molecule has 0 saturated carbocycles. The lowest BCUT2D eigenvalue weighted by Gasteiger charge is -2.25. The normalized spacial score (nSPS) is 15.8. The van der Waals surface area contributed by atoms with Crippen LogP contribution in [0.2, 0.25) is 0 Å². The first-order chi connectivity index (χ1) is 5.49. The molecule has 0 bridgehead atoms. The van der Waals surface area contributed by atoms with E-state index in [-0.39, 0.29) is 0 Å². The number of nitrogens with zero attached hydrogens (tertiary/aromatic N) is 1. The van der Waals surface area contributed by atoms with Gasteiger partial charge in [0.2, 0.25) is 0 Å². The lowest BCUT2D eigenvalue weighted by molar-refractivity contribution is -0.277. The van der Waals surface area contributed by atoms with E-state index in [1.54, 1.807) is 0 Å². The first kappa shape index (κ1) is 11.3. The van der Waals surface area contributed by atoms with Crippen molar-refractivity contribution in [3.8, 4) is 0 Å². The molecule has 0 spiro atoms. The minimum Gasteiger partial charge on any atom is -0.385 e. The van der Waals surface area contributed by atoms with Crippen LogP contribution >= 0.6 is 0 Å². The van der Waals surface area contributed by atoms with Crippen LogP contribution < -0.4 is 0 Å². The Morgan fingerprint density at radius 2 is 1.83 bits per heavy atom. The third-order valence-corrected chi connectivity index (χ3v) is 1.07. The van der Waals surface area contributed by atoms with E-state index >= 15 is 0 Å². The summed E-state index contributed by atoms with van der Waals surface area (Å²) in [6.45, 7) is 1.84. The van der Waals surface area contributed by atoms with Gasteiger partial charge in [-0.2, -0.15) is 0 Å². The number of rotatable bonds is 4. The second kappa shape index (κ2) is 5.04. The Balaban J connectivity index is 4.05. The van der Waals surface area contributed by atoms with Crippen molar-refractivity contribution in [3.05, 3.63) is 0 Å². The molecule has 0 aromatic carbocycles. The molecule has 12 heavy (non-hydrogen) atoms. The summed E-state index contributed by atoms with van der Waals surface area (Å²) in [5.41, 5.74) is 0. The van der Waals surface area contributed by atoms with E-state index in [4.69, 9.17) is 15.3 Å². The largest absolute Gasteiger partial charge is 0.385 e. The van der Waals surface area contributed by atoms with E-state index in [0.29, 0.717) is 5.06 Å². The summed E-state index contributed by atoms with van der Waals surface area (Å²) in [5.74, 6) is -0.934. The van der Waals surface area contributed by atoms with Crippen molar-refractivity contribution < 1.29 is 25.0 Å². The minimum atomic E-state index is -1.12. The number of aliphatic hydroxyl groups is 3. The van der Waals surface area contributed by atoms with Crippen LogP contribution in [0.3, 0.4) is 0 Å². The number of aliphatic hydroxyl groups excluding tert-OH is 3. The van der Waals surface area contributed by atoms with Gasteiger partial charge < -0.3 is 20.2 Å². The van der Waals surface area contributed by atoms with Crippen LogP contribution in [-0.2, 0) is 9.63 Å². The van der Waals surface area contributed by atoms with E-state index in [1.165, 1.54) is 13.8 Å². The quantitative estimate of drug-likeness (QED) is 0.356. The van der Waals surface area contributed by atoms with Gasteiger partial charge in [0.1, 0.15) is 19.1 Å². The highest BCUT2D eigenvalue weighted by atomic mass is 16.7. The molecule has 0 rings (SSSR count). The van der Waals surface area contributed by atoms with Crippen LogP contribution in [0.25, 0.3) is 0 Å². The standard InChI is InChI=1S/C6H13NO5/c1-4(9)7(5(2)10)12-6(11)3-8/h4-5,8-10H,3H2,1-2H3. The summed E-state index contributed by atoms with van der Waals surface area (Å²) in [5, 5.41) is 26.8. The van der Waals surface area contributed by atoms with Crippen LogP contribution in [0.1, 0.15) is 13.8 Å². The van der Waals surface area contributed by atoms with Crippen molar-refractivity contribution in [1.82, 2.24) is 5.06 Å². The second-order valence-electron chi connectivity index (χ2n) is 2.25. The Morgan fingerprint density at radius 1 is 1.42 bits per heavy atom. The summed E-state index contributed by atoms with van der Waals surface area (Å²) in [6.07, 6.45) is -2.25. The zero-order valence-electron chi connectivity index (χ0n) is 6.97. The fourth-order valence-corrected chi connectivity index (χ4v) is 0.611. The van der Waals surface area contributed by atoms with E-state index < -0.39 is 25.0 Å². The number of hydrogen-bond acceptors (Lipinski definition) is 6. The molecule has 0 aliphatic carbocycles. The van der Waals surface area contributed by atoms with Gasteiger partial charge in [0, 0.05) is 0 Å². The van der Waals surface area contributed by atoms with E-state index in [2.05, 4.69) is 4.84 Å². The molecule has 6 nitrogen and oxygen atoms in total. The Morgan fingerprint density at radius 3 is 2.08 bits per heavy atom. The number of carbonyl (C=O) groups excluding carboxylic acids is 1. The van der Waals surface area contributed by atoms with E-state index in [1.807, 2.05) is 0 Å². The van der Waals surface area contributed by atoms with Gasteiger partial charge in [-0.05, 0) is 13.8 Å². The molecular weight excluding hydrogens is 166 g/mol. The maximum atomic E-state index is 10.5. The highest BCUT2D eigenvalue weighted by Gasteiger charge is 2.20. The molecule has 3 N–H and O–H groups in total. The Hall–Kier alpha value is -0.690. The number of hydrogen-bond donors (Lipinski definition) is 3. The van der Waals surface area contributed by atoms with Gasteiger partial charge in [-0.3, -0.25) is 0 Å². The van der Waals surface area contributed by atoms with Gasteiger partial charge in [0.05, 0.1) is 0 Å². The predicted molar refractivity (Wildman–Crippen MR) is 38.4 cm³/mol. The third-order valence-electron chi connectivity index (χ3n) is 1.07. The van der Waals surface area contributed by atoms with Gasteiger partial charge in [0.25, 0.3) is 0 Å². The fourth-order valence-electron chi connectivity index (χ4n) is 0.611. The lowest BCUT2D eigenvalue weighted by Crippen LogP contribution is -2.42. The molecule has 0 aliphatic heterocycles. The molecule has 0 saturated heterocycles. The first-order valence-corrected chi connectivity index (χ1v) is 3.45. The van der Waals surface area contributed by atoms with Crippen molar-refractivity contribution in [2.75, 3.05) is 6.61 Å². The van der Waals surface area contributed by atoms with Crippen LogP contribution in [0, 0.1) is 0 Å². The number of carbonyl (C=O) groups is 1. The molecule has 6 heteroatoms. The predicted octanol–water partition coefficient (Wildman–Crippen LogP) is -1.58. The first-order valence-electron chi connectivity index (χ1n) is 3.45. The van der Waals surface area contributed by atoms with Crippen molar-refractivity contribution in [2.45, 2.75) is 26.3 Å². The molecule has 72 valence electrons. The van der Waals surface area contributed by atoms with Crippen LogP contribution in [-0.4, -0.2) is 45.4 Å². The monoisotopic (exact) mass is 179 g/mol. The van der Waals surface area contributed by atoms with Crippen LogP contribution in [0.15, 0.2) is 0 Å². The zero-order chi connectivity index (χ0) is 9.72. The molecule has 0 amide bonds. The molecule has 2 unspecified atom stereocenters. The zero-order valence-corrected chi connectivity index (χ0v) is 6.97. The van der Waals surface area contributed by atoms with Gasteiger partial charge in [-0.25, -0.2) is 4.79 Å². The van der Waals surface area contributed by atoms with Crippen molar-refractivity contribution in [2.24, 2.45) is 0 Å². The summed E-state index contributed by atoms with van der Waals surface area (Å²) in [4.78, 5) is 14.9. The summed E-state index contributed by atoms with van der Waals surface area (Å²) < 4.78 is 0. The molecule has 0 radical (unpaired) electrons. The average Bonchev–Trinajstić information content (AvgIpc) is 1.98. The van der Waals surface area contributed by atoms with Gasteiger partial charge in [-0.1, -0.05) is 5.06 Å². The highest BCUT2D eigenvalue weighted by Crippen LogP contribution is 2.01. The summed E-state index contributed by atoms with van der Waals surface area (Å²) in [7, 11) is 0. The Kier molecular flexibility index (Phi) is 4.75. The SMILES string of the molecule is CC(O)N(OC(=O)CO)C(C)O. The Labute approximate surface area is 69.9 Å². The average molecular weight is 179 g/mol. The topological polar surface area (TPSA) is 90.2 Å². The fraction of sp³-hybridized carbons (Fsp3) is 0.833. The van der Waals surface area contributed by atoms with Crippen LogP contribution in [0.4, 0.5) is 0 Å². The van der Waals surface area contributed by atoms with Gasteiger partial charge in [0.15, 0.2) is 0 Å². The van der Waals surface area contributed by atoms with Crippen molar-refractivity contribution >= 4 is 5.97 Å². The number of hydroxylamine groups is 2. The van der Waals surface area contributed by atoms with Gasteiger partial charge in [-0.15, -0.1) is 0 Å². The molecule has 0 aromatic heterocycles. The van der Waals surface area contributed by atoms with E-state index in [0.717, 1.165) is 0 Å². The molecule has 2 atom stereocenters. The second-order valence-corrected chi connectivity index (χ2v) is 2.25. The molecule has 0 aliphatic rings. The molecule has 0 fully saturated rings. The molecule has 0 aromatic rings. The third kappa shape index (κ3) is 3.63. The van der Waals surface area contributed by atoms with E-state index in [9.17, 15) is 4.79 Å². The summed E-state index contributed by atoms with van der Waals surface area (Å²) >= 11 is 0. The Bertz CT molecular complexity index is 139. The van der Waals surface area contributed by atoms with Crippen molar-refractivity contribution in [1.29, 1.82) is 0 Å². The van der Waals surface area contributed by atoms with Crippen LogP contribution in [0.5, 0.6) is 0 Å². The molecular formula is C6H13NO5. The van der Waals surface area contributed by atoms with Gasteiger partial charge >= 0.3 is 5.97 Å². The minimum absolute atomic E-state index is 0.665. The highest BCUT2D eigenvalue weighted by molar-refractivity contribution is 5.69. The lowest BCUT2D eigenvalue weighted by atomic mass is 10.5. The maximum absolute atomic E-state index is 10.5. The maximum Gasteiger partial charge on any atom is 0.350 e. The molecule has 0 heterocycles.